The van der Waals surface area contributed by atoms with Gasteiger partial charge in [-0.25, -0.2) is 0 Å². The van der Waals surface area contributed by atoms with Gasteiger partial charge in [-0.05, 0) is 31.4 Å². The maximum absolute atomic E-state index is 13.0. The third-order valence-corrected chi connectivity index (χ3v) is 6.90. The number of para-hydroxylation sites is 1. The monoisotopic (exact) mass is 362 g/mol. The Bertz CT molecular complexity index is 732. The van der Waals surface area contributed by atoms with E-state index in [4.69, 9.17) is 0 Å². The molecule has 2 heterocycles. The second-order valence-electron chi connectivity index (χ2n) is 6.56. The van der Waals surface area contributed by atoms with Crippen LogP contribution in [0.25, 0.3) is 0 Å². The van der Waals surface area contributed by atoms with Gasteiger partial charge in [0, 0.05) is 17.9 Å². The lowest BCUT2D eigenvalue weighted by molar-refractivity contribution is -0.149. The van der Waals surface area contributed by atoms with Crippen LogP contribution < -0.4 is 10.2 Å². The number of thioether (sulfide) groups is 1. The third kappa shape index (κ3) is 2.61. The highest BCUT2D eigenvalue weighted by molar-refractivity contribution is 8.02. The topological polar surface area (TPSA) is 86.7 Å². The molecule has 134 valence electrons. The number of benzene rings is 1. The summed E-state index contributed by atoms with van der Waals surface area (Å²) in [5.74, 6) is -1.26. The molecule has 0 radical (unpaired) electrons. The van der Waals surface area contributed by atoms with E-state index in [0.29, 0.717) is 25.7 Å². The zero-order chi connectivity index (χ0) is 18.2. The molecule has 1 unspecified atom stereocenters. The Hall–Kier alpha value is -2.02. The van der Waals surface area contributed by atoms with E-state index in [0.717, 1.165) is 10.6 Å². The van der Waals surface area contributed by atoms with Gasteiger partial charge in [-0.15, -0.1) is 0 Å². The molecule has 0 saturated carbocycles. The van der Waals surface area contributed by atoms with Gasteiger partial charge < -0.3 is 10.4 Å². The highest BCUT2D eigenvalue weighted by Crippen LogP contribution is 2.55. The molecule has 0 aliphatic carbocycles. The lowest BCUT2D eigenvalue weighted by Crippen LogP contribution is -2.55. The number of carboxylic acid groups (broad SMARTS) is 1. The molecule has 2 amide bonds. The lowest BCUT2D eigenvalue weighted by atomic mass is 9.82. The van der Waals surface area contributed by atoms with Gasteiger partial charge in [-0.2, -0.15) is 0 Å². The number of carbonyl (C=O) groups excluding carboxylic acids is 2. The molecule has 3 rings (SSSR count). The zero-order valence-corrected chi connectivity index (χ0v) is 15.2. The van der Waals surface area contributed by atoms with Gasteiger partial charge in [0.15, 0.2) is 4.87 Å². The first-order valence-corrected chi connectivity index (χ1v) is 9.34. The second kappa shape index (κ2) is 6.37. The first kappa shape index (κ1) is 17.8. The van der Waals surface area contributed by atoms with E-state index in [1.54, 1.807) is 4.90 Å². The summed E-state index contributed by atoms with van der Waals surface area (Å²) in [5, 5.41) is 12.4. The molecule has 1 fully saturated rings. The minimum Gasteiger partial charge on any atom is -0.481 e. The predicted octanol–water partition coefficient (Wildman–Crippen LogP) is 2.62. The van der Waals surface area contributed by atoms with Gasteiger partial charge in [-0.1, -0.05) is 37.7 Å². The molecule has 0 aromatic heterocycles. The second-order valence-corrected chi connectivity index (χ2v) is 7.88. The summed E-state index contributed by atoms with van der Waals surface area (Å²) >= 11 is 1.39. The summed E-state index contributed by atoms with van der Waals surface area (Å²) in [4.78, 5) is 38.6. The maximum atomic E-state index is 13.0. The molecule has 1 saturated heterocycles. The molecule has 1 aromatic carbocycles. The molecule has 2 aliphatic heterocycles. The minimum absolute atomic E-state index is 0.0643. The van der Waals surface area contributed by atoms with E-state index in [1.165, 1.54) is 11.8 Å². The summed E-state index contributed by atoms with van der Waals surface area (Å²) < 4.78 is 0. The van der Waals surface area contributed by atoms with E-state index >= 15 is 0 Å². The molecule has 1 atom stereocenters. The number of fused-ring (bicyclic) bond motifs is 3. The Morgan fingerprint density at radius 2 is 2.00 bits per heavy atom. The van der Waals surface area contributed by atoms with E-state index in [-0.39, 0.29) is 18.4 Å². The number of carboxylic acids is 1. The van der Waals surface area contributed by atoms with Crippen LogP contribution in [0.15, 0.2) is 29.2 Å². The van der Waals surface area contributed by atoms with Gasteiger partial charge in [-0.3, -0.25) is 19.3 Å². The van der Waals surface area contributed by atoms with E-state index in [1.807, 2.05) is 38.1 Å². The molecule has 2 aliphatic rings. The van der Waals surface area contributed by atoms with Crippen molar-refractivity contribution >= 4 is 35.2 Å². The van der Waals surface area contributed by atoms with Gasteiger partial charge in [0.1, 0.15) is 0 Å². The predicted molar refractivity (Wildman–Crippen MR) is 95.4 cm³/mol. The Kier molecular flexibility index (Phi) is 4.53. The van der Waals surface area contributed by atoms with Crippen molar-refractivity contribution in [3.8, 4) is 0 Å². The summed E-state index contributed by atoms with van der Waals surface area (Å²) in [5.41, 5.74) is -0.212. The Balaban J connectivity index is 1.85. The summed E-state index contributed by atoms with van der Waals surface area (Å²) in [6.07, 6.45) is 1.61. The quantitative estimate of drug-likeness (QED) is 0.812. The van der Waals surface area contributed by atoms with Crippen LogP contribution in [-0.2, 0) is 14.4 Å². The highest BCUT2D eigenvalue weighted by Gasteiger charge is 2.57. The van der Waals surface area contributed by atoms with Gasteiger partial charge in [0.25, 0.3) is 5.91 Å². The SMILES string of the molecule is CCC(CC)(CNC(=O)C12CCC(=O)N1c1ccccc1S2)C(=O)O. The van der Waals surface area contributed by atoms with Crippen LogP contribution in [0.4, 0.5) is 5.69 Å². The van der Waals surface area contributed by atoms with Crippen molar-refractivity contribution in [1.29, 1.82) is 0 Å². The van der Waals surface area contributed by atoms with Crippen molar-refractivity contribution in [3.05, 3.63) is 24.3 Å². The van der Waals surface area contributed by atoms with E-state index in [9.17, 15) is 19.5 Å². The van der Waals surface area contributed by atoms with Crippen LogP contribution in [0.2, 0.25) is 0 Å². The number of hydrogen-bond donors (Lipinski definition) is 2. The number of rotatable bonds is 6. The number of amides is 2. The number of carbonyl (C=O) groups is 3. The molecular weight excluding hydrogens is 340 g/mol. The number of hydrogen-bond acceptors (Lipinski definition) is 4. The largest absolute Gasteiger partial charge is 0.481 e. The first-order valence-electron chi connectivity index (χ1n) is 8.53. The van der Waals surface area contributed by atoms with Crippen LogP contribution in [0, 0.1) is 5.41 Å². The van der Waals surface area contributed by atoms with Crippen molar-refractivity contribution < 1.29 is 19.5 Å². The van der Waals surface area contributed by atoms with E-state index < -0.39 is 16.3 Å². The fraction of sp³-hybridized carbons (Fsp3) is 0.500. The first-order chi connectivity index (χ1) is 11.9. The van der Waals surface area contributed by atoms with Crippen molar-refractivity contribution in [2.24, 2.45) is 5.41 Å². The zero-order valence-electron chi connectivity index (χ0n) is 14.4. The molecule has 0 spiro atoms. The molecule has 6 nitrogen and oxygen atoms in total. The fourth-order valence-electron chi connectivity index (χ4n) is 3.56. The highest BCUT2D eigenvalue weighted by atomic mass is 32.2. The van der Waals surface area contributed by atoms with Crippen LogP contribution in [0.1, 0.15) is 39.5 Å². The fourth-order valence-corrected chi connectivity index (χ4v) is 5.00. The van der Waals surface area contributed by atoms with Gasteiger partial charge in [0.2, 0.25) is 5.91 Å². The van der Waals surface area contributed by atoms with Gasteiger partial charge >= 0.3 is 5.97 Å². The Labute approximate surface area is 151 Å². The normalized spacial score (nSPS) is 21.8. The summed E-state index contributed by atoms with van der Waals surface area (Å²) in [6, 6.07) is 7.48. The average molecular weight is 362 g/mol. The van der Waals surface area contributed by atoms with Crippen molar-refractivity contribution in [3.63, 3.8) is 0 Å². The van der Waals surface area contributed by atoms with Crippen molar-refractivity contribution in [2.45, 2.75) is 49.3 Å². The molecule has 1 aromatic rings. The van der Waals surface area contributed by atoms with Gasteiger partial charge in [0.05, 0.1) is 11.1 Å². The average Bonchev–Trinajstić information content (AvgIpc) is 3.12. The van der Waals surface area contributed by atoms with E-state index in [2.05, 4.69) is 5.32 Å². The number of anilines is 1. The molecule has 7 heteroatoms. The van der Waals surface area contributed by atoms with Crippen LogP contribution in [0.3, 0.4) is 0 Å². The molecule has 2 N–H and O–H groups in total. The molecular formula is C18H22N2O4S. The third-order valence-electron chi connectivity index (χ3n) is 5.42. The summed E-state index contributed by atoms with van der Waals surface area (Å²) in [6.45, 7) is 3.69. The van der Waals surface area contributed by atoms with Crippen molar-refractivity contribution in [1.82, 2.24) is 5.32 Å². The molecule has 25 heavy (non-hydrogen) atoms. The Morgan fingerprint density at radius 3 is 2.64 bits per heavy atom. The number of nitrogens with one attached hydrogen (secondary N) is 1. The number of aliphatic carboxylic acids is 1. The summed E-state index contributed by atoms with van der Waals surface area (Å²) in [7, 11) is 0. The van der Waals surface area contributed by atoms with Crippen molar-refractivity contribution in [2.75, 3.05) is 11.4 Å². The minimum atomic E-state index is -0.994. The van der Waals surface area contributed by atoms with Crippen LogP contribution in [-0.4, -0.2) is 34.3 Å². The van der Waals surface area contributed by atoms with Crippen LogP contribution >= 0.6 is 11.8 Å². The Morgan fingerprint density at radius 1 is 1.32 bits per heavy atom. The standard InChI is InChI=1S/C18H22N2O4S/c1-3-17(4-2,16(23)24)11-19-15(22)18-10-9-14(21)20(18)12-7-5-6-8-13(12)25-18/h5-8H,3-4,9-11H2,1-2H3,(H,19,22)(H,23,24). The maximum Gasteiger partial charge on any atom is 0.311 e. The number of nitrogens with zero attached hydrogens (tertiary/aromatic N) is 1. The smallest absolute Gasteiger partial charge is 0.311 e. The van der Waals surface area contributed by atoms with Crippen LogP contribution in [0.5, 0.6) is 0 Å². The molecule has 0 bridgehead atoms. The lowest BCUT2D eigenvalue weighted by Gasteiger charge is -2.32.